The summed E-state index contributed by atoms with van der Waals surface area (Å²) in [5, 5.41) is 25.8. The summed E-state index contributed by atoms with van der Waals surface area (Å²) in [6.07, 6.45) is 0.0152. The number of nitrogens with two attached hydrogens (primary N) is 2. The maximum atomic E-state index is 12.6. The first-order chi connectivity index (χ1) is 16.0. The number of amides is 4. The number of nitrogens with one attached hydrogen (secondary N) is 3. The first-order valence-corrected chi connectivity index (χ1v) is 10.8. The van der Waals surface area contributed by atoms with E-state index in [4.69, 9.17) is 11.5 Å². The summed E-state index contributed by atoms with van der Waals surface area (Å²) in [5.41, 5.74) is 11.8. The molecular formula is C22H33N5O7. The van der Waals surface area contributed by atoms with Crippen LogP contribution in [-0.4, -0.2) is 70.6 Å². The maximum absolute atomic E-state index is 12.6. The number of carbonyl (C=O) groups excluding carboxylic acids is 4. The van der Waals surface area contributed by atoms with Crippen molar-refractivity contribution >= 4 is 29.6 Å². The number of rotatable bonds is 14. The predicted octanol–water partition coefficient (Wildman–Crippen LogP) is -1.99. The van der Waals surface area contributed by atoms with Gasteiger partial charge in [0.1, 0.15) is 18.1 Å². The third-order valence-electron chi connectivity index (χ3n) is 5.27. The maximum Gasteiger partial charge on any atom is 0.326 e. The Kier molecular flexibility index (Phi) is 11.7. The summed E-state index contributed by atoms with van der Waals surface area (Å²) in [5.74, 6) is -5.26. The highest BCUT2D eigenvalue weighted by molar-refractivity contribution is 5.96. The van der Waals surface area contributed by atoms with Gasteiger partial charge in [-0.2, -0.15) is 0 Å². The Balaban J connectivity index is 2.86. The van der Waals surface area contributed by atoms with Crippen molar-refractivity contribution in [2.45, 2.75) is 57.3 Å². The quantitative estimate of drug-likeness (QED) is 0.158. The van der Waals surface area contributed by atoms with Crippen molar-refractivity contribution < 1.29 is 34.2 Å². The number of carboxylic acids is 1. The van der Waals surface area contributed by atoms with Gasteiger partial charge in [-0.15, -0.1) is 0 Å². The van der Waals surface area contributed by atoms with E-state index in [1.165, 1.54) is 0 Å². The molecule has 0 aliphatic rings. The van der Waals surface area contributed by atoms with Crippen molar-refractivity contribution in [3.05, 3.63) is 35.9 Å². The molecule has 12 nitrogen and oxygen atoms in total. The van der Waals surface area contributed by atoms with Crippen molar-refractivity contribution in [3.8, 4) is 0 Å². The fraction of sp³-hybridized carbons (Fsp3) is 0.500. The molecule has 1 aromatic carbocycles. The van der Waals surface area contributed by atoms with Crippen LogP contribution in [0.25, 0.3) is 0 Å². The second kappa shape index (κ2) is 13.9. The van der Waals surface area contributed by atoms with Gasteiger partial charge in [0.2, 0.25) is 23.6 Å². The highest BCUT2D eigenvalue weighted by Gasteiger charge is 2.32. The molecule has 4 amide bonds. The van der Waals surface area contributed by atoms with Gasteiger partial charge in [-0.3, -0.25) is 19.2 Å². The van der Waals surface area contributed by atoms with Crippen LogP contribution in [0.1, 0.15) is 32.3 Å². The number of carboxylic acid groups (broad SMARTS) is 1. The van der Waals surface area contributed by atoms with Crippen LogP contribution in [0.3, 0.4) is 0 Å². The number of hydrogen-bond acceptors (Lipinski definition) is 7. The van der Waals surface area contributed by atoms with Gasteiger partial charge >= 0.3 is 5.97 Å². The van der Waals surface area contributed by atoms with E-state index < -0.39 is 72.7 Å². The van der Waals surface area contributed by atoms with Crippen LogP contribution in [0.2, 0.25) is 0 Å². The molecule has 9 N–H and O–H groups in total. The first kappa shape index (κ1) is 28.5. The van der Waals surface area contributed by atoms with E-state index in [-0.39, 0.29) is 6.42 Å². The topological polar surface area (TPSA) is 214 Å². The van der Waals surface area contributed by atoms with Crippen molar-refractivity contribution in [1.29, 1.82) is 0 Å². The summed E-state index contributed by atoms with van der Waals surface area (Å²) in [6.45, 7) is 2.55. The van der Waals surface area contributed by atoms with Gasteiger partial charge in [0.25, 0.3) is 0 Å². The molecule has 0 saturated carbocycles. The Morgan fingerprint density at radius 3 is 2.00 bits per heavy atom. The molecule has 0 radical (unpaired) electrons. The zero-order chi connectivity index (χ0) is 25.8. The summed E-state index contributed by atoms with van der Waals surface area (Å²) in [6, 6.07) is 3.67. The Labute approximate surface area is 197 Å². The van der Waals surface area contributed by atoms with Crippen LogP contribution in [0, 0.1) is 5.92 Å². The third kappa shape index (κ3) is 9.16. The van der Waals surface area contributed by atoms with E-state index in [2.05, 4.69) is 16.0 Å². The molecule has 188 valence electrons. The zero-order valence-electron chi connectivity index (χ0n) is 19.2. The lowest BCUT2D eigenvalue weighted by Gasteiger charge is -2.25. The lowest BCUT2D eigenvalue weighted by Crippen LogP contribution is -2.59. The standard InChI is InChI=1S/C22H33N5O7/c1-3-12(2)18(22(33)34)27-20(31)15(10-17(24)29)25-21(32)16(11-28)26-19(30)14(23)9-13-7-5-4-6-8-13/h4-8,12,14-16,18,28H,3,9-11,23H2,1-2H3,(H2,24,29)(H,25,32)(H,26,30)(H,27,31)(H,33,34). The molecule has 0 spiro atoms. The van der Waals surface area contributed by atoms with E-state index in [0.717, 1.165) is 5.56 Å². The molecule has 0 fully saturated rings. The highest BCUT2D eigenvalue weighted by Crippen LogP contribution is 2.09. The monoisotopic (exact) mass is 479 g/mol. The molecule has 0 aromatic heterocycles. The lowest BCUT2D eigenvalue weighted by atomic mass is 9.98. The van der Waals surface area contributed by atoms with E-state index >= 15 is 0 Å². The average Bonchev–Trinajstić information content (AvgIpc) is 2.79. The third-order valence-corrected chi connectivity index (χ3v) is 5.27. The van der Waals surface area contributed by atoms with Crippen LogP contribution in [-0.2, 0) is 30.4 Å². The molecule has 34 heavy (non-hydrogen) atoms. The van der Waals surface area contributed by atoms with Crippen molar-refractivity contribution in [3.63, 3.8) is 0 Å². The molecule has 0 saturated heterocycles. The smallest absolute Gasteiger partial charge is 0.326 e. The fourth-order valence-corrected chi connectivity index (χ4v) is 3.05. The number of hydrogen-bond donors (Lipinski definition) is 7. The van der Waals surface area contributed by atoms with Gasteiger partial charge in [0.15, 0.2) is 0 Å². The minimum Gasteiger partial charge on any atom is -0.480 e. The minimum absolute atomic E-state index is 0.186. The van der Waals surface area contributed by atoms with Gasteiger partial charge in [-0.05, 0) is 17.9 Å². The van der Waals surface area contributed by atoms with Crippen LogP contribution in [0.15, 0.2) is 30.3 Å². The molecule has 0 bridgehead atoms. The van der Waals surface area contributed by atoms with Crippen LogP contribution >= 0.6 is 0 Å². The van der Waals surface area contributed by atoms with Gasteiger partial charge in [0, 0.05) is 0 Å². The number of primary amides is 1. The van der Waals surface area contributed by atoms with Crippen LogP contribution in [0.5, 0.6) is 0 Å². The summed E-state index contributed by atoms with van der Waals surface area (Å²) in [7, 11) is 0. The summed E-state index contributed by atoms with van der Waals surface area (Å²) >= 11 is 0. The van der Waals surface area contributed by atoms with Gasteiger partial charge in [-0.1, -0.05) is 50.6 Å². The fourth-order valence-electron chi connectivity index (χ4n) is 3.05. The van der Waals surface area contributed by atoms with E-state index in [9.17, 15) is 34.2 Å². The van der Waals surface area contributed by atoms with Crippen LogP contribution in [0.4, 0.5) is 0 Å². The molecule has 5 atom stereocenters. The average molecular weight is 480 g/mol. The Hall–Kier alpha value is -3.51. The highest BCUT2D eigenvalue weighted by atomic mass is 16.4. The van der Waals surface area contributed by atoms with Crippen molar-refractivity contribution in [2.24, 2.45) is 17.4 Å². The first-order valence-electron chi connectivity index (χ1n) is 10.8. The zero-order valence-corrected chi connectivity index (χ0v) is 19.2. The summed E-state index contributed by atoms with van der Waals surface area (Å²) in [4.78, 5) is 60.6. The molecular weight excluding hydrogens is 446 g/mol. The molecule has 0 aliphatic heterocycles. The minimum atomic E-state index is -1.51. The van der Waals surface area contributed by atoms with Gasteiger partial charge < -0.3 is 37.6 Å². The molecule has 0 heterocycles. The predicted molar refractivity (Wildman–Crippen MR) is 122 cm³/mol. The number of aliphatic carboxylic acids is 1. The van der Waals surface area contributed by atoms with Crippen LogP contribution < -0.4 is 27.4 Å². The molecule has 1 aromatic rings. The largest absolute Gasteiger partial charge is 0.480 e. The summed E-state index contributed by atoms with van der Waals surface area (Å²) < 4.78 is 0. The number of aliphatic hydroxyl groups is 1. The van der Waals surface area contributed by atoms with Crippen molar-refractivity contribution in [2.75, 3.05) is 6.61 Å². The SMILES string of the molecule is CCC(C)C(NC(=O)C(CC(N)=O)NC(=O)C(CO)NC(=O)C(N)Cc1ccccc1)C(=O)O. The number of carbonyl (C=O) groups is 5. The van der Waals surface area contributed by atoms with E-state index in [0.29, 0.717) is 6.42 Å². The Morgan fingerprint density at radius 2 is 1.50 bits per heavy atom. The van der Waals surface area contributed by atoms with Crippen molar-refractivity contribution in [1.82, 2.24) is 16.0 Å². The number of aliphatic hydroxyl groups excluding tert-OH is 1. The second-order valence-corrected chi connectivity index (χ2v) is 7.98. The lowest BCUT2D eigenvalue weighted by molar-refractivity contribution is -0.144. The van der Waals surface area contributed by atoms with E-state index in [1.807, 2.05) is 0 Å². The number of benzene rings is 1. The Morgan fingerprint density at radius 1 is 0.941 bits per heavy atom. The Bertz CT molecular complexity index is 864. The van der Waals surface area contributed by atoms with Gasteiger partial charge in [-0.25, -0.2) is 4.79 Å². The molecule has 12 heteroatoms. The molecule has 1 rings (SSSR count). The normalized spacial score (nSPS) is 15.2. The molecule has 5 unspecified atom stereocenters. The second-order valence-electron chi connectivity index (χ2n) is 7.98. The van der Waals surface area contributed by atoms with Gasteiger partial charge in [0.05, 0.1) is 19.1 Å². The molecule has 0 aliphatic carbocycles. The van der Waals surface area contributed by atoms with E-state index in [1.54, 1.807) is 44.2 Å².